The van der Waals surface area contributed by atoms with Gasteiger partial charge in [-0.1, -0.05) is 12.1 Å². The summed E-state index contributed by atoms with van der Waals surface area (Å²) in [6.07, 6.45) is 7.06. The molecule has 0 aliphatic heterocycles. The summed E-state index contributed by atoms with van der Waals surface area (Å²) >= 11 is 0. The molecule has 0 aliphatic rings. The van der Waals surface area contributed by atoms with Crippen LogP contribution in [0.15, 0.2) is 73.3 Å². The van der Waals surface area contributed by atoms with Crippen LogP contribution in [0.25, 0.3) is 34.2 Å². The van der Waals surface area contributed by atoms with Crippen molar-refractivity contribution in [2.75, 3.05) is 0 Å². The SMILES string of the molecule is c1ccc(-c2cc(-c3ncc[nH]3)cc(-c3ccccn3)n2)nc1. The van der Waals surface area contributed by atoms with E-state index < -0.39 is 0 Å². The molecule has 4 aromatic rings. The average molecular weight is 299 g/mol. The van der Waals surface area contributed by atoms with Crippen LogP contribution in [-0.4, -0.2) is 24.9 Å². The molecule has 1 N–H and O–H groups in total. The molecule has 0 fully saturated rings. The van der Waals surface area contributed by atoms with Crippen molar-refractivity contribution in [3.05, 3.63) is 73.3 Å². The summed E-state index contributed by atoms with van der Waals surface area (Å²) in [7, 11) is 0. The van der Waals surface area contributed by atoms with Gasteiger partial charge in [-0.05, 0) is 36.4 Å². The molecule has 0 amide bonds. The normalized spacial score (nSPS) is 10.6. The number of rotatable bonds is 3. The summed E-state index contributed by atoms with van der Waals surface area (Å²) in [6, 6.07) is 15.5. The molecule has 0 aromatic carbocycles. The van der Waals surface area contributed by atoms with Gasteiger partial charge in [0, 0.05) is 30.4 Å². The van der Waals surface area contributed by atoms with Gasteiger partial charge in [-0.15, -0.1) is 0 Å². The van der Waals surface area contributed by atoms with Crippen molar-refractivity contribution >= 4 is 0 Å². The second kappa shape index (κ2) is 5.81. The summed E-state index contributed by atoms with van der Waals surface area (Å²) in [5, 5.41) is 0. The molecule has 0 atom stereocenters. The first-order chi connectivity index (χ1) is 11.4. The second-order valence-electron chi connectivity index (χ2n) is 4.99. The first kappa shape index (κ1) is 13.3. The Hall–Kier alpha value is -3.34. The van der Waals surface area contributed by atoms with E-state index in [1.807, 2.05) is 48.5 Å². The summed E-state index contributed by atoms with van der Waals surface area (Å²) in [4.78, 5) is 21.0. The van der Waals surface area contributed by atoms with Crippen LogP contribution in [0.2, 0.25) is 0 Å². The lowest BCUT2D eigenvalue weighted by atomic mass is 10.1. The van der Waals surface area contributed by atoms with E-state index in [0.29, 0.717) is 0 Å². The summed E-state index contributed by atoms with van der Waals surface area (Å²) in [5.74, 6) is 0.793. The zero-order chi connectivity index (χ0) is 15.5. The Balaban J connectivity index is 1.91. The maximum absolute atomic E-state index is 4.72. The van der Waals surface area contributed by atoms with Gasteiger partial charge in [0.1, 0.15) is 5.82 Å². The highest BCUT2D eigenvalue weighted by molar-refractivity contribution is 5.71. The first-order valence-corrected chi connectivity index (χ1v) is 7.25. The lowest BCUT2D eigenvalue weighted by Gasteiger charge is -2.07. The fourth-order valence-electron chi connectivity index (χ4n) is 2.38. The number of H-pyrrole nitrogens is 1. The third kappa shape index (κ3) is 2.72. The molecule has 5 nitrogen and oxygen atoms in total. The van der Waals surface area contributed by atoms with E-state index in [-0.39, 0.29) is 0 Å². The van der Waals surface area contributed by atoms with Gasteiger partial charge in [-0.25, -0.2) is 9.97 Å². The molecule has 0 bridgehead atoms. The van der Waals surface area contributed by atoms with E-state index in [2.05, 4.69) is 19.9 Å². The lowest BCUT2D eigenvalue weighted by Crippen LogP contribution is -1.94. The second-order valence-corrected chi connectivity index (χ2v) is 4.99. The van der Waals surface area contributed by atoms with Crippen molar-refractivity contribution in [1.82, 2.24) is 24.9 Å². The summed E-state index contributed by atoms with van der Waals surface area (Å²) in [6.45, 7) is 0. The average Bonchev–Trinajstić information content (AvgIpc) is 3.18. The van der Waals surface area contributed by atoms with Crippen LogP contribution in [0.5, 0.6) is 0 Å². The highest BCUT2D eigenvalue weighted by Gasteiger charge is 2.10. The van der Waals surface area contributed by atoms with Crippen molar-refractivity contribution in [2.24, 2.45) is 0 Å². The maximum Gasteiger partial charge on any atom is 0.137 e. The number of hydrogen-bond donors (Lipinski definition) is 1. The van der Waals surface area contributed by atoms with Crippen molar-refractivity contribution in [3.8, 4) is 34.2 Å². The van der Waals surface area contributed by atoms with Crippen LogP contribution in [0.1, 0.15) is 0 Å². The Morgan fingerprint density at radius 1 is 0.652 bits per heavy atom. The summed E-state index contributed by atoms with van der Waals surface area (Å²) < 4.78 is 0. The monoisotopic (exact) mass is 299 g/mol. The van der Waals surface area contributed by atoms with Gasteiger partial charge in [0.25, 0.3) is 0 Å². The largest absolute Gasteiger partial charge is 0.345 e. The van der Waals surface area contributed by atoms with Crippen LogP contribution >= 0.6 is 0 Å². The van der Waals surface area contributed by atoms with E-state index >= 15 is 0 Å². The standard InChI is InChI=1S/C18H13N5/c1-3-7-19-14(5-1)16-11-13(18-21-9-10-22-18)12-17(23-16)15-6-2-4-8-20-15/h1-12H,(H,21,22). The molecule has 110 valence electrons. The van der Waals surface area contributed by atoms with E-state index in [4.69, 9.17) is 4.98 Å². The molecule has 5 heteroatoms. The molecular formula is C18H13N5. The molecule has 0 spiro atoms. The van der Waals surface area contributed by atoms with Crippen molar-refractivity contribution < 1.29 is 0 Å². The predicted octanol–water partition coefficient (Wildman–Crippen LogP) is 3.60. The van der Waals surface area contributed by atoms with E-state index in [9.17, 15) is 0 Å². The van der Waals surface area contributed by atoms with E-state index in [1.165, 1.54) is 0 Å². The maximum atomic E-state index is 4.72. The Morgan fingerprint density at radius 2 is 1.30 bits per heavy atom. The van der Waals surface area contributed by atoms with Crippen LogP contribution in [-0.2, 0) is 0 Å². The van der Waals surface area contributed by atoms with Gasteiger partial charge in [0.2, 0.25) is 0 Å². The third-order valence-corrected chi connectivity index (χ3v) is 3.45. The van der Waals surface area contributed by atoms with Crippen LogP contribution < -0.4 is 0 Å². The van der Waals surface area contributed by atoms with Gasteiger partial charge in [-0.2, -0.15) is 0 Å². The van der Waals surface area contributed by atoms with Gasteiger partial charge < -0.3 is 4.98 Å². The first-order valence-electron chi connectivity index (χ1n) is 7.25. The Bertz CT molecular complexity index is 845. The molecule has 0 saturated carbocycles. The van der Waals surface area contributed by atoms with Crippen molar-refractivity contribution in [1.29, 1.82) is 0 Å². The quantitative estimate of drug-likeness (QED) is 0.627. The van der Waals surface area contributed by atoms with Crippen LogP contribution in [0.4, 0.5) is 0 Å². The van der Waals surface area contributed by atoms with E-state index in [0.717, 1.165) is 34.2 Å². The number of pyridine rings is 3. The Morgan fingerprint density at radius 3 is 1.78 bits per heavy atom. The van der Waals surface area contributed by atoms with Crippen molar-refractivity contribution in [3.63, 3.8) is 0 Å². The molecule has 23 heavy (non-hydrogen) atoms. The fraction of sp³-hybridized carbons (Fsp3) is 0. The number of imidazole rings is 1. The number of hydrogen-bond acceptors (Lipinski definition) is 4. The topological polar surface area (TPSA) is 67.3 Å². The lowest BCUT2D eigenvalue weighted by molar-refractivity contribution is 1.21. The predicted molar refractivity (Wildman–Crippen MR) is 88.3 cm³/mol. The smallest absolute Gasteiger partial charge is 0.137 e. The van der Waals surface area contributed by atoms with Crippen LogP contribution in [0, 0.1) is 0 Å². The van der Waals surface area contributed by atoms with Gasteiger partial charge >= 0.3 is 0 Å². The zero-order valence-corrected chi connectivity index (χ0v) is 12.2. The molecule has 4 aromatic heterocycles. The number of nitrogens with one attached hydrogen (secondary N) is 1. The number of aromatic amines is 1. The van der Waals surface area contributed by atoms with Crippen molar-refractivity contribution in [2.45, 2.75) is 0 Å². The van der Waals surface area contributed by atoms with Crippen LogP contribution in [0.3, 0.4) is 0 Å². The Kier molecular flexibility index (Phi) is 3.37. The van der Waals surface area contributed by atoms with Gasteiger partial charge in [0.05, 0.1) is 22.8 Å². The molecule has 0 radical (unpaired) electrons. The highest BCUT2D eigenvalue weighted by Crippen LogP contribution is 2.26. The fourth-order valence-corrected chi connectivity index (χ4v) is 2.38. The molecule has 0 saturated heterocycles. The molecule has 4 heterocycles. The minimum Gasteiger partial charge on any atom is -0.345 e. The molecule has 4 rings (SSSR count). The third-order valence-electron chi connectivity index (χ3n) is 3.45. The van der Waals surface area contributed by atoms with E-state index in [1.54, 1.807) is 24.8 Å². The zero-order valence-electron chi connectivity index (χ0n) is 12.2. The number of nitrogens with zero attached hydrogens (tertiary/aromatic N) is 4. The van der Waals surface area contributed by atoms with Gasteiger partial charge in [0.15, 0.2) is 0 Å². The molecule has 0 aliphatic carbocycles. The minimum absolute atomic E-state index is 0.792. The number of aromatic nitrogens is 5. The minimum atomic E-state index is 0.792. The summed E-state index contributed by atoms with van der Waals surface area (Å²) in [5.41, 5.74) is 4.17. The van der Waals surface area contributed by atoms with Gasteiger partial charge in [-0.3, -0.25) is 9.97 Å². The molecule has 0 unspecified atom stereocenters. The Labute approximate surface area is 133 Å². The highest BCUT2D eigenvalue weighted by atomic mass is 14.9. The molecular weight excluding hydrogens is 286 g/mol.